The quantitative estimate of drug-likeness (QED) is 0.770. The Balaban J connectivity index is 2.25. The molecule has 2 N–H and O–H groups in total. The van der Waals surface area contributed by atoms with Crippen LogP contribution in [0.1, 0.15) is 39.7 Å². The summed E-state index contributed by atoms with van der Waals surface area (Å²) in [4.78, 5) is 11.9. The third kappa shape index (κ3) is 6.73. The second kappa shape index (κ2) is 8.33. The van der Waals surface area contributed by atoms with E-state index in [-0.39, 0.29) is 11.9 Å². The van der Waals surface area contributed by atoms with Crippen LogP contribution in [-0.2, 0) is 11.2 Å². The Labute approximate surface area is 120 Å². The summed E-state index contributed by atoms with van der Waals surface area (Å²) in [5.41, 5.74) is 1.33. The van der Waals surface area contributed by atoms with Gasteiger partial charge in [-0.15, -0.1) is 0 Å². The lowest BCUT2D eigenvalue weighted by Gasteiger charge is -2.19. The maximum atomic E-state index is 11.9. The lowest BCUT2D eigenvalue weighted by atomic mass is 10.1. The number of carbonyl (C=O) groups excluding carboxylic acids is 1. The zero-order valence-electron chi connectivity index (χ0n) is 12.4. The molecule has 0 aliphatic carbocycles. The molecule has 4 heteroatoms. The Morgan fingerprint density at radius 2 is 2.05 bits per heavy atom. The van der Waals surface area contributed by atoms with Crippen molar-refractivity contribution in [2.75, 3.05) is 6.54 Å². The van der Waals surface area contributed by atoms with Gasteiger partial charge in [-0.2, -0.15) is 11.3 Å². The molecule has 0 saturated carbocycles. The lowest BCUT2D eigenvalue weighted by Crippen LogP contribution is -2.46. The van der Waals surface area contributed by atoms with Crippen molar-refractivity contribution >= 4 is 17.2 Å². The van der Waals surface area contributed by atoms with E-state index in [2.05, 4.69) is 48.2 Å². The maximum Gasteiger partial charge on any atom is 0.236 e. The second-order valence-corrected chi connectivity index (χ2v) is 6.38. The summed E-state index contributed by atoms with van der Waals surface area (Å²) < 4.78 is 0. The Bertz CT molecular complexity index is 362. The molecule has 108 valence electrons. The summed E-state index contributed by atoms with van der Waals surface area (Å²) in [5, 5.41) is 10.6. The predicted octanol–water partition coefficient (Wildman–Crippen LogP) is 2.82. The van der Waals surface area contributed by atoms with Crippen LogP contribution in [0.15, 0.2) is 16.8 Å². The molecule has 1 rings (SSSR count). The molecule has 3 nitrogen and oxygen atoms in total. The van der Waals surface area contributed by atoms with Gasteiger partial charge in [0.05, 0.1) is 6.04 Å². The Kier molecular flexibility index (Phi) is 7.10. The van der Waals surface area contributed by atoms with Crippen molar-refractivity contribution in [3.05, 3.63) is 22.4 Å². The van der Waals surface area contributed by atoms with Gasteiger partial charge in [0.25, 0.3) is 0 Å². The third-order valence-corrected chi connectivity index (χ3v) is 3.80. The molecular weight excluding hydrogens is 256 g/mol. The summed E-state index contributed by atoms with van der Waals surface area (Å²) in [6.45, 7) is 9.14. The number of carbonyl (C=O) groups is 1. The van der Waals surface area contributed by atoms with E-state index >= 15 is 0 Å². The van der Waals surface area contributed by atoms with Gasteiger partial charge in [0, 0.05) is 12.6 Å². The number of rotatable bonds is 8. The molecule has 0 aromatic carbocycles. The highest BCUT2D eigenvalue weighted by Gasteiger charge is 2.15. The minimum absolute atomic E-state index is 0.0952. The molecule has 0 aliphatic rings. The van der Waals surface area contributed by atoms with E-state index in [1.807, 2.05) is 6.92 Å². The van der Waals surface area contributed by atoms with Gasteiger partial charge in [0.2, 0.25) is 5.91 Å². The third-order valence-electron chi connectivity index (χ3n) is 3.07. The van der Waals surface area contributed by atoms with E-state index in [9.17, 15) is 4.79 Å². The second-order valence-electron chi connectivity index (χ2n) is 5.60. The molecule has 19 heavy (non-hydrogen) atoms. The van der Waals surface area contributed by atoms with E-state index < -0.39 is 0 Å². The van der Waals surface area contributed by atoms with Crippen LogP contribution in [0.3, 0.4) is 0 Å². The molecule has 1 amide bonds. The number of hydrogen-bond acceptors (Lipinski definition) is 3. The number of amides is 1. The van der Waals surface area contributed by atoms with Crippen LogP contribution in [0, 0.1) is 5.92 Å². The molecule has 0 spiro atoms. The molecule has 1 heterocycles. The first-order valence-corrected chi connectivity index (χ1v) is 7.98. The monoisotopic (exact) mass is 282 g/mol. The molecule has 2 unspecified atom stereocenters. The summed E-state index contributed by atoms with van der Waals surface area (Å²) in [7, 11) is 0. The number of hydrogen-bond donors (Lipinski definition) is 2. The summed E-state index contributed by atoms with van der Waals surface area (Å²) in [5.74, 6) is 0.721. The van der Waals surface area contributed by atoms with Crippen molar-refractivity contribution in [1.82, 2.24) is 10.6 Å². The largest absolute Gasteiger partial charge is 0.355 e. The van der Waals surface area contributed by atoms with Crippen LogP contribution in [0.5, 0.6) is 0 Å². The average molecular weight is 282 g/mol. The zero-order valence-corrected chi connectivity index (χ0v) is 13.2. The smallest absolute Gasteiger partial charge is 0.236 e. The van der Waals surface area contributed by atoms with Crippen molar-refractivity contribution in [1.29, 1.82) is 0 Å². The van der Waals surface area contributed by atoms with E-state index in [4.69, 9.17) is 0 Å². The number of nitrogens with one attached hydrogen (secondary N) is 2. The van der Waals surface area contributed by atoms with Crippen molar-refractivity contribution in [2.45, 2.75) is 52.6 Å². The van der Waals surface area contributed by atoms with E-state index in [1.165, 1.54) is 5.56 Å². The fraction of sp³-hybridized carbons (Fsp3) is 0.667. The van der Waals surface area contributed by atoms with Crippen LogP contribution >= 0.6 is 11.3 Å². The normalized spacial score (nSPS) is 14.4. The first-order valence-electron chi connectivity index (χ1n) is 7.04. The molecule has 1 aromatic heterocycles. The highest BCUT2D eigenvalue weighted by Crippen LogP contribution is 2.08. The summed E-state index contributed by atoms with van der Waals surface area (Å²) in [6, 6.07) is 2.30. The first-order chi connectivity index (χ1) is 8.99. The van der Waals surface area contributed by atoms with Crippen LogP contribution in [0.25, 0.3) is 0 Å². The predicted molar refractivity (Wildman–Crippen MR) is 82.5 cm³/mol. The lowest BCUT2D eigenvalue weighted by molar-refractivity contribution is -0.122. The highest BCUT2D eigenvalue weighted by molar-refractivity contribution is 7.07. The molecule has 0 aliphatic heterocycles. The molecule has 0 bridgehead atoms. The fourth-order valence-electron chi connectivity index (χ4n) is 1.96. The summed E-state index contributed by atoms with van der Waals surface area (Å²) in [6.07, 6.45) is 2.00. The van der Waals surface area contributed by atoms with Gasteiger partial charge in [-0.1, -0.05) is 13.8 Å². The highest BCUT2D eigenvalue weighted by atomic mass is 32.1. The van der Waals surface area contributed by atoms with Gasteiger partial charge in [-0.05, 0) is 55.0 Å². The van der Waals surface area contributed by atoms with Gasteiger partial charge >= 0.3 is 0 Å². The summed E-state index contributed by atoms with van der Waals surface area (Å²) >= 11 is 1.71. The van der Waals surface area contributed by atoms with Crippen LogP contribution in [0.2, 0.25) is 0 Å². The molecule has 0 fully saturated rings. The van der Waals surface area contributed by atoms with Crippen molar-refractivity contribution in [3.8, 4) is 0 Å². The molecule has 2 atom stereocenters. The maximum absolute atomic E-state index is 11.9. The van der Waals surface area contributed by atoms with Crippen LogP contribution in [0.4, 0.5) is 0 Å². The van der Waals surface area contributed by atoms with Crippen molar-refractivity contribution < 1.29 is 4.79 Å². The SMILES string of the molecule is CC(C)CCNC(=O)C(C)NC(C)Cc1ccsc1. The molecule has 1 aromatic rings. The first kappa shape index (κ1) is 16.2. The van der Waals surface area contributed by atoms with Crippen molar-refractivity contribution in [3.63, 3.8) is 0 Å². The molecule has 0 radical (unpaired) electrons. The Morgan fingerprint density at radius 3 is 2.63 bits per heavy atom. The minimum Gasteiger partial charge on any atom is -0.355 e. The van der Waals surface area contributed by atoms with Gasteiger partial charge < -0.3 is 10.6 Å². The molecular formula is C15H26N2OS. The molecule has 0 saturated heterocycles. The Hall–Kier alpha value is -0.870. The van der Waals surface area contributed by atoms with E-state index in [0.717, 1.165) is 19.4 Å². The van der Waals surface area contributed by atoms with Gasteiger partial charge in [-0.25, -0.2) is 0 Å². The topological polar surface area (TPSA) is 41.1 Å². The standard InChI is InChI=1S/C15H26N2OS/c1-11(2)5-7-16-15(18)13(4)17-12(3)9-14-6-8-19-10-14/h6,8,10-13,17H,5,7,9H2,1-4H3,(H,16,18). The van der Waals surface area contributed by atoms with Gasteiger partial charge in [0.1, 0.15) is 0 Å². The van der Waals surface area contributed by atoms with E-state index in [0.29, 0.717) is 12.0 Å². The minimum atomic E-state index is -0.138. The van der Waals surface area contributed by atoms with Crippen LogP contribution in [-0.4, -0.2) is 24.5 Å². The average Bonchev–Trinajstić information content (AvgIpc) is 2.80. The van der Waals surface area contributed by atoms with Gasteiger partial charge in [-0.3, -0.25) is 4.79 Å². The van der Waals surface area contributed by atoms with Crippen molar-refractivity contribution in [2.24, 2.45) is 5.92 Å². The van der Waals surface area contributed by atoms with Crippen LogP contribution < -0.4 is 10.6 Å². The zero-order chi connectivity index (χ0) is 14.3. The fourth-order valence-corrected chi connectivity index (χ4v) is 2.64. The number of thiophene rings is 1. The Morgan fingerprint density at radius 1 is 1.32 bits per heavy atom. The van der Waals surface area contributed by atoms with Gasteiger partial charge in [0.15, 0.2) is 0 Å². The van der Waals surface area contributed by atoms with E-state index in [1.54, 1.807) is 11.3 Å².